The topological polar surface area (TPSA) is 53.1 Å². The molecular formula is C21H26F3N5S. The van der Waals surface area contributed by atoms with Gasteiger partial charge in [-0.05, 0) is 43.0 Å². The number of hydrogen-bond acceptors (Lipinski definition) is 4. The molecule has 3 atom stereocenters. The summed E-state index contributed by atoms with van der Waals surface area (Å²) in [6.07, 6.45) is -3.53. The van der Waals surface area contributed by atoms with Crippen molar-refractivity contribution in [3.05, 3.63) is 47.7 Å². The molecule has 1 fully saturated rings. The van der Waals surface area contributed by atoms with Gasteiger partial charge in [-0.15, -0.1) is 0 Å². The van der Waals surface area contributed by atoms with E-state index >= 15 is 0 Å². The number of piperidine rings is 1. The van der Waals surface area contributed by atoms with Gasteiger partial charge in [0.2, 0.25) is 5.95 Å². The van der Waals surface area contributed by atoms with Gasteiger partial charge in [-0.2, -0.15) is 18.2 Å². The van der Waals surface area contributed by atoms with E-state index in [9.17, 15) is 13.2 Å². The van der Waals surface area contributed by atoms with E-state index in [4.69, 9.17) is 12.2 Å². The number of nitrogens with zero attached hydrogens (tertiary/aromatic N) is 3. The molecule has 1 aliphatic rings. The molecule has 0 aliphatic carbocycles. The summed E-state index contributed by atoms with van der Waals surface area (Å²) in [6.45, 7) is 7.42. The molecule has 0 saturated carbocycles. The Hall–Kier alpha value is -2.42. The van der Waals surface area contributed by atoms with Crippen molar-refractivity contribution in [1.82, 2.24) is 15.3 Å². The number of alkyl halides is 3. The molecule has 0 amide bonds. The number of thiocarbonyl (C=S) groups is 1. The van der Waals surface area contributed by atoms with E-state index in [1.807, 2.05) is 42.2 Å². The highest BCUT2D eigenvalue weighted by Gasteiger charge is 2.35. The van der Waals surface area contributed by atoms with Crippen LogP contribution in [0.2, 0.25) is 0 Å². The van der Waals surface area contributed by atoms with Gasteiger partial charge in [0.25, 0.3) is 0 Å². The van der Waals surface area contributed by atoms with Crippen molar-refractivity contribution in [2.75, 3.05) is 23.3 Å². The molecular weight excluding hydrogens is 411 g/mol. The Morgan fingerprint density at radius 3 is 2.37 bits per heavy atom. The largest absolute Gasteiger partial charge is 0.433 e. The van der Waals surface area contributed by atoms with Gasteiger partial charge in [-0.25, -0.2) is 4.98 Å². The predicted octanol–water partition coefficient (Wildman–Crippen LogP) is 5.03. The van der Waals surface area contributed by atoms with Crippen molar-refractivity contribution in [1.29, 1.82) is 0 Å². The van der Waals surface area contributed by atoms with Crippen molar-refractivity contribution >= 4 is 29.1 Å². The minimum Gasteiger partial charge on any atom is -0.356 e. The maximum absolute atomic E-state index is 13.5. The summed E-state index contributed by atoms with van der Waals surface area (Å²) in [5, 5.41) is 5.95. The maximum Gasteiger partial charge on any atom is 0.433 e. The summed E-state index contributed by atoms with van der Waals surface area (Å²) < 4.78 is 40.4. The molecule has 0 radical (unpaired) electrons. The Bertz CT molecular complexity index is 865. The summed E-state index contributed by atoms with van der Waals surface area (Å²) in [5.41, 5.74) is 0.0170. The molecule has 3 rings (SSSR count). The first kappa shape index (κ1) is 22.3. The van der Waals surface area contributed by atoms with Crippen LogP contribution in [0.25, 0.3) is 0 Å². The predicted molar refractivity (Wildman–Crippen MR) is 116 cm³/mol. The van der Waals surface area contributed by atoms with Crippen LogP contribution in [-0.2, 0) is 6.18 Å². The van der Waals surface area contributed by atoms with Crippen LogP contribution < -0.4 is 15.5 Å². The number of halogens is 3. The highest BCUT2D eigenvalue weighted by molar-refractivity contribution is 7.80. The average Bonchev–Trinajstić information content (AvgIpc) is 2.67. The second kappa shape index (κ2) is 9.16. The lowest BCUT2D eigenvalue weighted by Crippen LogP contribution is -2.39. The van der Waals surface area contributed by atoms with Crippen molar-refractivity contribution in [3.63, 3.8) is 0 Å². The first-order valence-electron chi connectivity index (χ1n) is 9.95. The Labute approximate surface area is 180 Å². The summed E-state index contributed by atoms with van der Waals surface area (Å²) in [7, 11) is 0. The van der Waals surface area contributed by atoms with E-state index in [-0.39, 0.29) is 22.9 Å². The third-order valence-corrected chi connectivity index (χ3v) is 5.29. The lowest BCUT2D eigenvalue weighted by molar-refractivity contribution is -0.141. The molecule has 1 aliphatic heterocycles. The Balaban J connectivity index is 1.80. The monoisotopic (exact) mass is 437 g/mol. The van der Waals surface area contributed by atoms with E-state index in [0.29, 0.717) is 24.9 Å². The van der Waals surface area contributed by atoms with Crippen molar-refractivity contribution in [2.45, 2.75) is 39.4 Å². The number of anilines is 2. The van der Waals surface area contributed by atoms with Crippen LogP contribution >= 0.6 is 12.2 Å². The molecule has 30 heavy (non-hydrogen) atoms. The van der Waals surface area contributed by atoms with Crippen molar-refractivity contribution in [3.8, 4) is 0 Å². The number of nitrogens with one attached hydrogen (secondary N) is 2. The first-order chi connectivity index (χ1) is 14.1. The third-order valence-electron chi connectivity index (χ3n) is 5.07. The molecule has 0 spiro atoms. The minimum atomic E-state index is -4.58. The third kappa shape index (κ3) is 5.81. The molecule has 2 aromatic rings. The summed E-state index contributed by atoms with van der Waals surface area (Å²) in [4.78, 5) is 9.88. The van der Waals surface area contributed by atoms with E-state index in [0.717, 1.165) is 18.1 Å². The van der Waals surface area contributed by atoms with Gasteiger partial charge in [-0.1, -0.05) is 44.2 Å². The fourth-order valence-corrected chi connectivity index (χ4v) is 4.07. The lowest BCUT2D eigenvalue weighted by Gasteiger charge is -2.36. The number of aromatic nitrogens is 2. The highest BCUT2D eigenvalue weighted by atomic mass is 32.1. The second-order valence-corrected chi connectivity index (χ2v) is 8.42. The van der Waals surface area contributed by atoms with Gasteiger partial charge in [0.1, 0.15) is 5.82 Å². The van der Waals surface area contributed by atoms with Crippen LogP contribution in [0.1, 0.15) is 44.5 Å². The van der Waals surface area contributed by atoms with Gasteiger partial charge < -0.3 is 15.5 Å². The van der Waals surface area contributed by atoms with E-state index in [2.05, 4.69) is 34.4 Å². The SMILES string of the molecule is C[C@@H]1C[C@H](C)CN(c2cc(C(F)(F)F)nc(NC(=S)N[C@H](C)c3ccccc3)n2)C1. The fraction of sp³-hybridized carbons (Fsp3) is 0.476. The molecule has 0 bridgehead atoms. The zero-order valence-corrected chi connectivity index (χ0v) is 18.0. The molecule has 5 nitrogen and oxygen atoms in total. The number of hydrogen-bond donors (Lipinski definition) is 2. The first-order valence-corrected chi connectivity index (χ1v) is 10.4. The van der Waals surface area contributed by atoms with Gasteiger partial charge >= 0.3 is 6.18 Å². The molecule has 1 aromatic heterocycles. The standard InChI is InChI=1S/C21H26F3N5S/c1-13-9-14(2)12-29(11-13)18-10-17(21(22,23)24)26-19(27-18)28-20(30)25-15(3)16-7-5-4-6-8-16/h4-8,10,13-15H,9,11-12H2,1-3H3,(H2,25,26,27,28,30)/t13-,14+,15-/m1/s1. The number of benzene rings is 1. The molecule has 2 heterocycles. The van der Waals surface area contributed by atoms with Gasteiger partial charge in [0.15, 0.2) is 10.8 Å². The lowest BCUT2D eigenvalue weighted by atomic mass is 9.92. The average molecular weight is 438 g/mol. The second-order valence-electron chi connectivity index (χ2n) is 8.01. The Morgan fingerprint density at radius 1 is 1.13 bits per heavy atom. The van der Waals surface area contributed by atoms with E-state index in [1.54, 1.807) is 0 Å². The maximum atomic E-state index is 13.5. The Morgan fingerprint density at radius 2 is 1.77 bits per heavy atom. The Kier molecular flexibility index (Phi) is 6.80. The molecule has 2 N–H and O–H groups in total. The van der Waals surface area contributed by atoms with Gasteiger partial charge in [-0.3, -0.25) is 0 Å². The van der Waals surface area contributed by atoms with Crippen LogP contribution in [0.5, 0.6) is 0 Å². The van der Waals surface area contributed by atoms with Crippen LogP contribution in [-0.4, -0.2) is 28.2 Å². The molecule has 1 aromatic carbocycles. The highest BCUT2D eigenvalue weighted by Crippen LogP contribution is 2.32. The van der Waals surface area contributed by atoms with Gasteiger partial charge in [0.05, 0.1) is 6.04 Å². The molecule has 162 valence electrons. The number of rotatable bonds is 4. The normalized spacial score (nSPS) is 20.5. The van der Waals surface area contributed by atoms with Crippen molar-refractivity contribution in [2.24, 2.45) is 11.8 Å². The zero-order valence-electron chi connectivity index (χ0n) is 17.2. The molecule has 1 saturated heterocycles. The fourth-order valence-electron chi connectivity index (χ4n) is 3.81. The summed E-state index contributed by atoms with van der Waals surface area (Å²) >= 11 is 5.29. The van der Waals surface area contributed by atoms with Crippen LogP contribution in [0.4, 0.5) is 24.9 Å². The van der Waals surface area contributed by atoms with Crippen molar-refractivity contribution < 1.29 is 13.2 Å². The van der Waals surface area contributed by atoms with E-state index in [1.165, 1.54) is 0 Å². The van der Waals surface area contributed by atoms with Crippen LogP contribution in [0.3, 0.4) is 0 Å². The quantitative estimate of drug-likeness (QED) is 0.655. The smallest absolute Gasteiger partial charge is 0.356 e. The molecule has 9 heteroatoms. The van der Waals surface area contributed by atoms with Crippen LogP contribution in [0, 0.1) is 11.8 Å². The van der Waals surface area contributed by atoms with Crippen LogP contribution in [0.15, 0.2) is 36.4 Å². The molecule has 0 unspecified atom stereocenters. The van der Waals surface area contributed by atoms with E-state index < -0.39 is 11.9 Å². The summed E-state index contributed by atoms with van der Waals surface area (Å²) in [6, 6.07) is 10.5. The van der Waals surface area contributed by atoms with Gasteiger partial charge in [0, 0.05) is 19.2 Å². The minimum absolute atomic E-state index is 0.125. The summed E-state index contributed by atoms with van der Waals surface area (Å²) in [5.74, 6) is 0.855. The zero-order chi connectivity index (χ0) is 21.9.